The molecule has 1 unspecified atom stereocenters. The fourth-order valence-corrected chi connectivity index (χ4v) is 0. The predicted molar refractivity (Wildman–Crippen MR) is 20.9 cm³/mol. The number of nitrogens with two attached hydrogens (primary N) is 1. The Morgan fingerprint density at radius 2 is 2.50 bits per heavy atom. The highest BCUT2D eigenvalue weighted by Gasteiger charge is 1.98. The van der Waals surface area contributed by atoms with Crippen LogP contribution in [0.15, 0.2) is 0 Å². The third kappa shape index (κ3) is 1.72. The van der Waals surface area contributed by atoms with E-state index in [0.29, 0.717) is 0 Å². The summed E-state index contributed by atoms with van der Waals surface area (Å²) in [5.74, 6) is -1.03. The molecule has 1 amide bonds. The minimum Gasteiger partial charge on any atom is -0.384 e. The van der Waals surface area contributed by atoms with Gasteiger partial charge in [0.2, 0.25) is 5.91 Å². The lowest BCUT2D eigenvalue weighted by Crippen LogP contribution is -2.24. The van der Waals surface area contributed by atoms with Gasteiger partial charge in [0, 0.05) is 0 Å². The molecular weight excluding hydrogens is 82.0 g/mol. The first-order chi connectivity index (χ1) is 2.94. The van der Waals surface area contributed by atoms with Gasteiger partial charge in [-0.05, 0) is 6.92 Å². The molecule has 0 aliphatic carbocycles. The number of rotatable bonds is 1. The van der Waals surface area contributed by atoms with E-state index in [1.165, 1.54) is 0 Å². The average molecular weight is 90.1 g/mol. The van der Waals surface area contributed by atoms with E-state index in [1.807, 2.05) is 0 Å². The molecule has 0 aliphatic rings. The standard InChI is InChI=1S/C3H7NO2/c1-2(5)3(4)6/h2,5H,1H3,(H2,4,6)/i2D. The van der Waals surface area contributed by atoms with Gasteiger partial charge >= 0.3 is 0 Å². The number of hydrogen-bond acceptors (Lipinski definition) is 2. The van der Waals surface area contributed by atoms with Crippen LogP contribution in [-0.4, -0.2) is 17.1 Å². The van der Waals surface area contributed by atoms with E-state index in [-0.39, 0.29) is 0 Å². The van der Waals surface area contributed by atoms with Crippen LogP contribution in [0, 0.1) is 0 Å². The van der Waals surface area contributed by atoms with E-state index in [2.05, 4.69) is 5.73 Å². The lowest BCUT2D eigenvalue weighted by Gasteiger charge is -1.90. The molecule has 3 N–H and O–H groups in total. The number of primary amides is 1. The van der Waals surface area contributed by atoms with Crippen LogP contribution >= 0.6 is 0 Å². The molecule has 0 saturated heterocycles. The van der Waals surface area contributed by atoms with Gasteiger partial charge < -0.3 is 10.8 Å². The van der Waals surface area contributed by atoms with Crippen LogP contribution in [0.1, 0.15) is 8.29 Å². The van der Waals surface area contributed by atoms with Crippen LogP contribution in [0.3, 0.4) is 0 Å². The van der Waals surface area contributed by atoms with Crippen molar-refractivity contribution in [2.75, 3.05) is 0 Å². The maximum absolute atomic E-state index is 9.81. The lowest BCUT2D eigenvalue weighted by atomic mass is 10.4. The Balaban J connectivity index is 3.79. The van der Waals surface area contributed by atoms with Gasteiger partial charge in [0.25, 0.3) is 0 Å². The molecule has 0 aromatic carbocycles. The Hall–Kier alpha value is -0.570. The summed E-state index contributed by atoms with van der Waals surface area (Å²) in [4.78, 5) is 9.81. The highest BCUT2D eigenvalue weighted by atomic mass is 16.3. The van der Waals surface area contributed by atoms with Gasteiger partial charge in [0.05, 0.1) is 1.37 Å². The third-order valence-electron chi connectivity index (χ3n) is 0.357. The second kappa shape index (κ2) is 1.77. The molecule has 0 aromatic heterocycles. The van der Waals surface area contributed by atoms with E-state index in [4.69, 9.17) is 6.48 Å². The van der Waals surface area contributed by atoms with Crippen LogP contribution < -0.4 is 5.73 Å². The second-order valence-electron chi connectivity index (χ2n) is 0.950. The minimum atomic E-state index is -2.11. The summed E-state index contributed by atoms with van der Waals surface area (Å²) in [5, 5.41) is 8.29. The van der Waals surface area contributed by atoms with Crippen LogP contribution in [-0.2, 0) is 4.79 Å². The molecule has 0 aliphatic heterocycles. The van der Waals surface area contributed by atoms with E-state index in [0.717, 1.165) is 6.92 Å². The molecule has 0 fully saturated rings. The molecule has 3 nitrogen and oxygen atoms in total. The third-order valence-corrected chi connectivity index (χ3v) is 0.357. The van der Waals surface area contributed by atoms with Crippen molar-refractivity contribution in [1.82, 2.24) is 0 Å². The first-order valence-electron chi connectivity index (χ1n) is 1.97. The molecule has 6 heavy (non-hydrogen) atoms. The molecule has 0 bridgehead atoms. The molecule has 0 heterocycles. The van der Waals surface area contributed by atoms with Crippen LogP contribution in [0.5, 0.6) is 0 Å². The smallest absolute Gasteiger partial charge is 0.245 e. The molecule has 0 saturated carbocycles. The largest absolute Gasteiger partial charge is 0.384 e. The van der Waals surface area contributed by atoms with E-state index >= 15 is 0 Å². The Morgan fingerprint density at radius 1 is 2.33 bits per heavy atom. The maximum atomic E-state index is 9.81. The van der Waals surface area contributed by atoms with Crippen molar-refractivity contribution < 1.29 is 11.3 Å². The van der Waals surface area contributed by atoms with Crippen molar-refractivity contribution in [1.29, 1.82) is 0 Å². The topological polar surface area (TPSA) is 63.3 Å². The summed E-state index contributed by atoms with van der Waals surface area (Å²) in [7, 11) is 0. The summed E-state index contributed by atoms with van der Waals surface area (Å²) in [6.45, 7) is 1.01. The summed E-state index contributed by atoms with van der Waals surface area (Å²) < 4.78 is 6.47. The number of carbonyl (C=O) groups is 1. The van der Waals surface area contributed by atoms with Crippen molar-refractivity contribution in [2.24, 2.45) is 5.73 Å². The van der Waals surface area contributed by atoms with Gasteiger partial charge in [-0.1, -0.05) is 0 Å². The Bertz CT molecular complexity index is 85.4. The zero-order chi connectivity index (χ0) is 6.08. The summed E-state index contributed by atoms with van der Waals surface area (Å²) >= 11 is 0. The Labute approximate surface area is 37.2 Å². The van der Waals surface area contributed by atoms with Gasteiger partial charge in [-0.25, -0.2) is 0 Å². The minimum absolute atomic E-state index is 1.01. The van der Waals surface area contributed by atoms with Gasteiger partial charge in [0.1, 0.15) is 6.08 Å². The lowest BCUT2D eigenvalue weighted by molar-refractivity contribution is -0.125. The Morgan fingerprint density at radius 3 is 2.50 bits per heavy atom. The highest BCUT2D eigenvalue weighted by Crippen LogP contribution is 1.70. The molecule has 36 valence electrons. The normalized spacial score (nSPS) is 21.3. The van der Waals surface area contributed by atoms with E-state index < -0.39 is 12.0 Å². The van der Waals surface area contributed by atoms with Crippen molar-refractivity contribution in [3.05, 3.63) is 0 Å². The molecule has 3 heteroatoms. The second-order valence-corrected chi connectivity index (χ2v) is 0.950. The molecule has 0 radical (unpaired) electrons. The summed E-state index contributed by atoms with van der Waals surface area (Å²) in [5.41, 5.74) is 4.49. The molecule has 0 spiro atoms. The zero-order valence-corrected chi connectivity index (χ0v) is 3.43. The van der Waals surface area contributed by atoms with Gasteiger partial charge in [0.15, 0.2) is 0 Å². The number of aliphatic hydroxyl groups is 1. The first-order valence-corrected chi connectivity index (χ1v) is 1.47. The van der Waals surface area contributed by atoms with Crippen LogP contribution in [0.2, 0.25) is 0 Å². The zero-order valence-electron chi connectivity index (χ0n) is 4.43. The van der Waals surface area contributed by atoms with Gasteiger partial charge in [-0.15, -0.1) is 0 Å². The highest BCUT2D eigenvalue weighted by molar-refractivity contribution is 5.77. The van der Waals surface area contributed by atoms with Crippen LogP contribution in [0.4, 0.5) is 0 Å². The molecule has 0 rings (SSSR count). The maximum Gasteiger partial charge on any atom is 0.245 e. The van der Waals surface area contributed by atoms with Gasteiger partial charge in [-0.2, -0.15) is 0 Å². The summed E-state index contributed by atoms with van der Waals surface area (Å²) in [6.07, 6.45) is -2.11. The van der Waals surface area contributed by atoms with E-state index in [9.17, 15) is 4.79 Å². The fourth-order valence-electron chi connectivity index (χ4n) is 0. The van der Waals surface area contributed by atoms with Crippen molar-refractivity contribution in [3.8, 4) is 0 Å². The number of hydrogen-bond donors (Lipinski definition) is 2. The average Bonchev–Trinajstić information content (AvgIpc) is 1.31. The molecule has 0 aromatic rings. The van der Waals surface area contributed by atoms with Crippen molar-refractivity contribution in [2.45, 2.75) is 13.0 Å². The van der Waals surface area contributed by atoms with Crippen LogP contribution in [0.25, 0.3) is 0 Å². The molecular formula is C3H7NO2. The van der Waals surface area contributed by atoms with Crippen molar-refractivity contribution in [3.63, 3.8) is 0 Å². The number of carbonyl (C=O) groups excluding carboxylic acids is 1. The predicted octanol–water partition coefficient (Wildman–Crippen LogP) is -1.15. The Kier molecular flexibility index (Phi) is 1.06. The van der Waals surface area contributed by atoms with E-state index in [1.54, 1.807) is 0 Å². The number of amides is 1. The fraction of sp³-hybridized carbons (Fsp3) is 0.667. The summed E-state index contributed by atoms with van der Waals surface area (Å²) in [6, 6.07) is 0. The van der Waals surface area contributed by atoms with Crippen molar-refractivity contribution >= 4 is 5.91 Å². The SMILES string of the molecule is [2H]C(C)(O)C(N)=O. The molecule has 1 atom stereocenters. The quantitative estimate of drug-likeness (QED) is 0.427. The monoisotopic (exact) mass is 90.1 g/mol. The first kappa shape index (κ1) is 3.61. The van der Waals surface area contributed by atoms with Gasteiger partial charge in [-0.3, -0.25) is 4.79 Å².